The van der Waals surface area contributed by atoms with Crippen molar-refractivity contribution in [1.82, 2.24) is 5.32 Å². The fourth-order valence-corrected chi connectivity index (χ4v) is 1.60. The number of benzene rings is 1. The van der Waals surface area contributed by atoms with Gasteiger partial charge in [0.15, 0.2) is 0 Å². The maximum absolute atomic E-state index is 11.5. The highest BCUT2D eigenvalue weighted by atomic mass is 16.5. The van der Waals surface area contributed by atoms with Gasteiger partial charge in [0, 0.05) is 0 Å². The lowest BCUT2D eigenvalue weighted by atomic mass is 9.97. The van der Waals surface area contributed by atoms with E-state index in [0.29, 0.717) is 0 Å². The third-order valence-corrected chi connectivity index (χ3v) is 2.68. The average Bonchev–Trinajstić information content (AvgIpc) is 2.24. The van der Waals surface area contributed by atoms with Gasteiger partial charge in [-0.05, 0) is 37.6 Å². The van der Waals surface area contributed by atoms with E-state index in [0.717, 1.165) is 11.1 Å². The second-order valence-electron chi connectivity index (χ2n) is 3.53. The summed E-state index contributed by atoms with van der Waals surface area (Å²) in [5.74, 6) is -0.258. The van der Waals surface area contributed by atoms with Crippen LogP contribution in [0, 0.1) is 13.8 Å². The van der Waals surface area contributed by atoms with Gasteiger partial charge in [-0.25, -0.2) is 4.79 Å². The highest BCUT2D eigenvalue weighted by molar-refractivity contribution is 5.78. The highest BCUT2D eigenvalue weighted by Gasteiger charge is 2.21. The first-order valence-electron chi connectivity index (χ1n) is 4.93. The Morgan fingerprint density at radius 1 is 1.40 bits per heavy atom. The first kappa shape index (κ1) is 11.7. The largest absolute Gasteiger partial charge is 0.468 e. The molecule has 0 saturated carbocycles. The molecular formula is C12H17NO2. The van der Waals surface area contributed by atoms with E-state index in [1.54, 1.807) is 7.05 Å². The van der Waals surface area contributed by atoms with Crippen LogP contribution in [0.4, 0.5) is 0 Å². The van der Waals surface area contributed by atoms with Crippen LogP contribution >= 0.6 is 0 Å². The van der Waals surface area contributed by atoms with Gasteiger partial charge in [-0.15, -0.1) is 0 Å². The van der Waals surface area contributed by atoms with Crippen LogP contribution in [0.15, 0.2) is 18.2 Å². The van der Waals surface area contributed by atoms with Gasteiger partial charge in [0.05, 0.1) is 7.11 Å². The summed E-state index contributed by atoms with van der Waals surface area (Å²) in [6, 6.07) is 5.55. The van der Waals surface area contributed by atoms with Crippen LogP contribution in [-0.2, 0) is 9.53 Å². The number of hydrogen-bond acceptors (Lipinski definition) is 3. The first-order chi connectivity index (χ1) is 7.11. The summed E-state index contributed by atoms with van der Waals surface area (Å²) in [6.07, 6.45) is 0. The minimum atomic E-state index is -0.380. The van der Waals surface area contributed by atoms with E-state index in [4.69, 9.17) is 4.74 Å². The summed E-state index contributed by atoms with van der Waals surface area (Å²) in [7, 11) is 3.15. The molecule has 0 amide bonds. The number of esters is 1. The minimum absolute atomic E-state index is 0.258. The van der Waals surface area contributed by atoms with Crippen molar-refractivity contribution < 1.29 is 9.53 Å². The Bertz CT molecular complexity index is 361. The number of rotatable bonds is 3. The molecule has 0 aliphatic carbocycles. The smallest absolute Gasteiger partial charge is 0.327 e. The lowest BCUT2D eigenvalue weighted by molar-refractivity contribution is -0.143. The first-order valence-corrected chi connectivity index (χ1v) is 4.93. The molecule has 0 bridgehead atoms. The van der Waals surface area contributed by atoms with Gasteiger partial charge in [-0.3, -0.25) is 0 Å². The van der Waals surface area contributed by atoms with Crippen molar-refractivity contribution >= 4 is 5.97 Å². The molecule has 0 heterocycles. The van der Waals surface area contributed by atoms with E-state index in [1.165, 1.54) is 12.7 Å². The zero-order chi connectivity index (χ0) is 11.4. The Labute approximate surface area is 90.4 Å². The monoisotopic (exact) mass is 207 g/mol. The molecule has 0 aromatic heterocycles. The SMILES string of the molecule is CNC(C(=O)OC)c1cccc(C)c1C. The minimum Gasteiger partial charge on any atom is -0.468 e. The lowest BCUT2D eigenvalue weighted by Crippen LogP contribution is -2.27. The molecule has 1 unspecified atom stereocenters. The van der Waals surface area contributed by atoms with Crippen molar-refractivity contribution in [2.45, 2.75) is 19.9 Å². The molecule has 1 N–H and O–H groups in total. The predicted molar refractivity (Wildman–Crippen MR) is 59.7 cm³/mol. The molecule has 1 aromatic carbocycles. The molecule has 3 heteroatoms. The van der Waals surface area contributed by atoms with Gasteiger partial charge in [-0.2, -0.15) is 0 Å². The Hall–Kier alpha value is -1.35. The van der Waals surface area contributed by atoms with Crippen molar-refractivity contribution in [3.8, 4) is 0 Å². The summed E-state index contributed by atoms with van der Waals surface area (Å²) in [5.41, 5.74) is 3.28. The van der Waals surface area contributed by atoms with E-state index in [9.17, 15) is 4.79 Å². The van der Waals surface area contributed by atoms with Crippen molar-refractivity contribution in [2.75, 3.05) is 14.2 Å². The molecule has 1 rings (SSSR count). The number of hydrogen-bond donors (Lipinski definition) is 1. The second-order valence-corrected chi connectivity index (χ2v) is 3.53. The summed E-state index contributed by atoms with van der Waals surface area (Å²) >= 11 is 0. The fourth-order valence-electron chi connectivity index (χ4n) is 1.60. The molecule has 82 valence electrons. The standard InChI is InChI=1S/C12H17NO2/c1-8-6-5-7-10(9(8)2)11(13-3)12(14)15-4/h5-7,11,13H,1-4H3. The second kappa shape index (κ2) is 4.94. The molecule has 3 nitrogen and oxygen atoms in total. The normalized spacial score (nSPS) is 12.3. The van der Waals surface area contributed by atoms with Crippen LogP contribution in [0.25, 0.3) is 0 Å². The molecule has 0 radical (unpaired) electrons. The number of nitrogens with one attached hydrogen (secondary N) is 1. The number of carbonyl (C=O) groups is 1. The Morgan fingerprint density at radius 3 is 2.60 bits per heavy atom. The van der Waals surface area contributed by atoms with Crippen LogP contribution in [0.3, 0.4) is 0 Å². The molecule has 1 atom stereocenters. The van der Waals surface area contributed by atoms with Crippen molar-refractivity contribution in [3.05, 3.63) is 34.9 Å². The van der Waals surface area contributed by atoms with Gasteiger partial charge in [0.2, 0.25) is 0 Å². The number of ether oxygens (including phenoxy) is 1. The summed E-state index contributed by atoms with van der Waals surface area (Å²) in [5, 5.41) is 2.96. The zero-order valence-electron chi connectivity index (χ0n) is 9.63. The molecule has 0 saturated heterocycles. The van der Waals surface area contributed by atoms with Crippen LogP contribution in [0.1, 0.15) is 22.7 Å². The van der Waals surface area contributed by atoms with Gasteiger partial charge in [0.25, 0.3) is 0 Å². The quantitative estimate of drug-likeness (QED) is 0.767. The van der Waals surface area contributed by atoms with Crippen molar-refractivity contribution in [2.24, 2.45) is 0 Å². The maximum Gasteiger partial charge on any atom is 0.327 e. The molecular weight excluding hydrogens is 190 g/mol. The van der Waals surface area contributed by atoms with E-state index in [-0.39, 0.29) is 12.0 Å². The summed E-state index contributed by atoms with van der Waals surface area (Å²) < 4.78 is 4.75. The Kier molecular flexibility index (Phi) is 3.86. The van der Waals surface area contributed by atoms with Crippen LogP contribution in [0.5, 0.6) is 0 Å². The Balaban J connectivity index is 3.12. The van der Waals surface area contributed by atoms with Crippen molar-refractivity contribution in [1.29, 1.82) is 0 Å². The van der Waals surface area contributed by atoms with E-state index < -0.39 is 0 Å². The fraction of sp³-hybridized carbons (Fsp3) is 0.417. The van der Waals surface area contributed by atoms with Gasteiger partial charge in [-0.1, -0.05) is 18.2 Å². The third-order valence-electron chi connectivity index (χ3n) is 2.68. The Morgan fingerprint density at radius 2 is 2.07 bits per heavy atom. The van der Waals surface area contributed by atoms with Gasteiger partial charge < -0.3 is 10.1 Å². The zero-order valence-corrected chi connectivity index (χ0v) is 9.63. The van der Waals surface area contributed by atoms with E-state index in [2.05, 4.69) is 5.32 Å². The summed E-state index contributed by atoms with van der Waals surface area (Å²) in [4.78, 5) is 11.5. The van der Waals surface area contributed by atoms with Gasteiger partial charge >= 0.3 is 5.97 Å². The molecule has 15 heavy (non-hydrogen) atoms. The maximum atomic E-state index is 11.5. The number of likely N-dealkylation sites (N-methyl/N-ethyl adjacent to an activating group) is 1. The highest BCUT2D eigenvalue weighted by Crippen LogP contribution is 2.21. The molecule has 1 aromatic rings. The van der Waals surface area contributed by atoms with E-state index >= 15 is 0 Å². The molecule has 0 fully saturated rings. The van der Waals surface area contributed by atoms with Crippen molar-refractivity contribution in [3.63, 3.8) is 0 Å². The molecule has 0 aliphatic rings. The number of aryl methyl sites for hydroxylation is 1. The third kappa shape index (κ3) is 2.36. The van der Waals surface area contributed by atoms with Crippen LogP contribution in [-0.4, -0.2) is 20.1 Å². The molecule has 0 aliphatic heterocycles. The van der Waals surface area contributed by atoms with Crippen LogP contribution < -0.4 is 5.32 Å². The molecule has 0 spiro atoms. The number of carbonyl (C=O) groups excluding carboxylic acids is 1. The predicted octanol–water partition coefficient (Wildman–Crippen LogP) is 1.74. The lowest BCUT2D eigenvalue weighted by Gasteiger charge is -2.17. The van der Waals surface area contributed by atoms with Crippen LogP contribution in [0.2, 0.25) is 0 Å². The summed E-state index contributed by atoms with van der Waals surface area (Å²) in [6.45, 7) is 4.04. The van der Waals surface area contributed by atoms with E-state index in [1.807, 2.05) is 32.0 Å². The number of methoxy groups -OCH3 is 1. The average molecular weight is 207 g/mol. The van der Waals surface area contributed by atoms with Gasteiger partial charge in [0.1, 0.15) is 6.04 Å². The topological polar surface area (TPSA) is 38.3 Å².